The Morgan fingerprint density at radius 2 is 1.55 bits per heavy atom. The monoisotopic (exact) mass is 449 g/mol. The lowest BCUT2D eigenvalue weighted by Gasteiger charge is -2.57. The first-order chi connectivity index (χ1) is 14.5. The zero-order valence-electron chi connectivity index (χ0n) is 19.1. The summed E-state index contributed by atoms with van der Waals surface area (Å²) in [6.45, 7) is 7.33. The van der Waals surface area contributed by atoms with E-state index in [-0.39, 0.29) is 4.90 Å². The Labute approximate surface area is 186 Å². The average molecular weight is 450 g/mol. The van der Waals surface area contributed by atoms with Gasteiger partial charge in [0.1, 0.15) is 0 Å². The van der Waals surface area contributed by atoms with Crippen molar-refractivity contribution in [1.29, 1.82) is 0 Å². The molecule has 4 aliphatic rings. The third-order valence-corrected chi connectivity index (χ3v) is 8.48. The molecule has 0 saturated heterocycles. The van der Waals surface area contributed by atoms with Crippen molar-refractivity contribution in [2.75, 3.05) is 6.61 Å². The Balaban J connectivity index is 1.39. The highest BCUT2D eigenvalue weighted by Gasteiger charge is 2.50. The van der Waals surface area contributed by atoms with Crippen LogP contribution in [0.25, 0.3) is 0 Å². The normalized spacial score (nSPS) is 29.7. The zero-order valence-corrected chi connectivity index (χ0v) is 19.9. The second-order valence-corrected chi connectivity index (χ2v) is 12.6. The van der Waals surface area contributed by atoms with Crippen LogP contribution < -0.4 is 0 Å². The summed E-state index contributed by atoms with van der Waals surface area (Å²) in [6.07, 6.45) is 7.97. The molecule has 7 heteroatoms. The molecule has 4 aliphatic carbocycles. The Kier molecular flexibility index (Phi) is 5.88. The van der Waals surface area contributed by atoms with Crippen molar-refractivity contribution in [3.05, 3.63) is 29.8 Å². The predicted molar refractivity (Wildman–Crippen MR) is 118 cm³/mol. The van der Waals surface area contributed by atoms with Gasteiger partial charge in [-0.05, 0) is 108 Å². The Bertz CT molecular complexity index is 881. The number of hydrogen-bond acceptors (Lipinski definition) is 5. The van der Waals surface area contributed by atoms with Crippen LogP contribution >= 0.6 is 0 Å². The first-order valence-corrected chi connectivity index (χ1v) is 12.8. The molecule has 0 unspecified atom stereocenters. The summed E-state index contributed by atoms with van der Waals surface area (Å²) in [4.78, 5) is 12.9. The third kappa shape index (κ3) is 4.92. The van der Waals surface area contributed by atoms with Gasteiger partial charge >= 0.3 is 16.2 Å². The molecule has 4 bridgehead atoms. The van der Waals surface area contributed by atoms with E-state index in [0.29, 0.717) is 12.0 Å². The summed E-state index contributed by atoms with van der Waals surface area (Å²) in [5.74, 6) is 2.53. The van der Waals surface area contributed by atoms with Crippen LogP contribution in [-0.2, 0) is 19.1 Å². The Morgan fingerprint density at radius 3 is 2.03 bits per heavy atom. The highest BCUT2D eigenvalue weighted by atomic mass is 32.2. The molecule has 5 rings (SSSR count). The lowest BCUT2D eigenvalue weighted by molar-refractivity contribution is -0.106. The molecule has 0 heterocycles. The molecule has 4 saturated carbocycles. The van der Waals surface area contributed by atoms with Gasteiger partial charge in [-0.15, -0.1) is 4.28 Å². The third-order valence-electron chi connectivity index (χ3n) is 7.28. The minimum absolute atomic E-state index is 0.00807. The van der Waals surface area contributed by atoms with Gasteiger partial charge in [-0.3, -0.25) is 0 Å². The fourth-order valence-electron chi connectivity index (χ4n) is 6.27. The van der Waals surface area contributed by atoms with Crippen LogP contribution in [0.15, 0.2) is 29.2 Å². The Hall–Kier alpha value is -1.60. The van der Waals surface area contributed by atoms with E-state index in [2.05, 4.69) is 0 Å². The summed E-state index contributed by atoms with van der Waals surface area (Å²) in [5, 5.41) is 0.849. The maximum atomic E-state index is 12.9. The number of aryl methyl sites for hydroxylation is 1. The molecule has 0 aliphatic heterocycles. The number of nitrogens with zero attached hydrogens (tertiary/aromatic N) is 1. The van der Waals surface area contributed by atoms with E-state index in [0.717, 1.165) is 34.8 Å². The minimum Gasteiger partial charge on any atom is -0.448 e. The molecule has 0 N–H and O–H groups in total. The summed E-state index contributed by atoms with van der Waals surface area (Å²) in [5.41, 5.74) is 0.363. The molecule has 4 fully saturated rings. The summed E-state index contributed by atoms with van der Waals surface area (Å²) in [6, 6.07) is 6.34. The van der Waals surface area contributed by atoms with E-state index in [4.69, 9.17) is 9.02 Å². The number of rotatable bonds is 6. The molecule has 0 atom stereocenters. The number of carbonyl (C=O) groups excluding carboxylic acids is 1. The topological polar surface area (TPSA) is 72.9 Å². The van der Waals surface area contributed by atoms with Crippen LogP contribution in [0.1, 0.15) is 71.3 Å². The molecule has 0 aromatic heterocycles. The van der Waals surface area contributed by atoms with Gasteiger partial charge < -0.3 is 4.74 Å². The van der Waals surface area contributed by atoms with Gasteiger partial charge in [-0.25, -0.2) is 4.79 Å². The van der Waals surface area contributed by atoms with Crippen LogP contribution in [0.3, 0.4) is 0 Å². The molecule has 172 valence electrons. The van der Waals surface area contributed by atoms with E-state index in [1.165, 1.54) is 50.7 Å². The molecule has 6 nitrogen and oxygen atoms in total. The van der Waals surface area contributed by atoms with Crippen molar-refractivity contribution >= 4 is 16.2 Å². The van der Waals surface area contributed by atoms with Crippen LogP contribution in [0.4, 0.5) is 4.79 Å². The molecule has 0 radical (unpaired) electrons. The van der Waals surface area contributed by atoms with Crippen LogP contribution in [0, 0.1) is 30.1 Å². The number of ether oxygens (including phenoxy) is 1. The molecule has 0 spiro atoms. The van der Waals surface area contributed by atoms with Gasteiger partial charge in [0.05, 0.1) is 17.0 Å². The van der Waals surface area contributed by atoms with Crippen molar-refractivity contribution in [2.45, 2.75) is 83.1 Å². The lowest BCUT2D eigenvalue weighted by atomic mass is 9.49. The number of hydroxylamine groups is 2. The fraction of sp³-hybridized carbons (Fsp3) is 0.708. The molecule has 1 amide bonds. The first kappa shape index (κ1) is 22.6. The number of amides is 1. The lowest BCUT2D eigenvalue weighted by Crippen LogP contribution is -2.48. The van der Waals surface area contributed by atoms with E-state index in [1.807, 2.05) is 6.92 Å². The zero-order chi connectivity index (χ0) is 22.4. The summed E-state index contributed by atoms with van der Waals surface area (Å²) < 4.78 is 36.3. The van der Waals surface area contributed by atoms with E-state index >= 15 is 0 Å². The maximum absolute atomic E-state index is 12.9. The van der Waals surface area contributed by atoms with Gasteiger partial charge in [-0.1, -0.05) is 17.7 Å². The van der Waals surface area contributed by atoms with Crippen LogP contribution in [0.5, 0.6) is 0 Å². The standard InChI is InChI=1S/C24H35NO5S/c1-17-5-7-21(8-6-17)31(27,28)30-25(23(2,3)4)22(26)29-10-9-24-14-18-11-19(15-24)13-20(12-18)16-24/h5-8,18-20H,9-16H2,1-4H3. The quantitative estimate of drug-likeness (QED) is 0.539. The highest BCUT2D eigenvalue weighted by Crippen LogP contribution is 2.61. The highest BCUT2D eigenvalue weighted by molar-refractivity contribution is 7.86. The molecule has 31 heavy (non-hydrogen) atoms. The van der Waals surface area contributed by atoms with Crippen molar-refractivity contribution < 1.29 is 22.2 Å². The van der Waals surface area contributed by atoms with Crippen LogP contribution in [0.2, 0.25) is 0 Å². The van der Waals surface area contributed by atoms with Crippen molar-refractivity contribution in [3.63, 3.8) is 0 Å². The Morgan fingerprint density at radius 1 is 1.03 bits per heavy atom. The summed E-state index contributed by atoms with van der Waals surface area (Å²) in [7, 11) is -4.14. The van der Waals surface area contributed by atoms with Gasteiger partial charge in [0.25, 0.3) is 0 Å². The second kappa shape index (κ2) is 8.07. The second-order valence-electron chi connectivity index (χ2n) is 11.1. The van der Waals surface area contributed by atoms with Crippen molar-refractivity contribution in [3.8, 4) is 0 Å². The molecule has 1 aromatic rings. The maximum Gasteiger partial charge on any atom is 0.435 e. The first-order valence-electron chi connectivity index (χ1n) is 11.4. The van der Waals surface area contributed by atoms with E-state index in [1.54, 1.807) is 32.9 Å². The number of hydrogen-bond donors (Lipinski definition) is 0. The molecular formula is C24H35NO5S. The molecule has 1 aromatic carbocycles. The largest absolute Gasteiger partial charge is 0.448 e. The van der Waals surface area contributed by atoms with E-state index in [9.17, 15) is 13.2 Å². The fourth-order valence-corrected chi connectivity index (χ4v) is 7.31. The SMILES string of the molecule is Cc1ccc(S(=O)(=O)ON(C(=O)OCCC23CC4CC(CC(C4)C2)C3)C(C)(C)C)cc1. The smallest absolute Gasteiger partial charge is 0.435 e. The average Bonchev–Trinajstić information content (AvgIpc) is 2.64. The summed E-state index contributed by atoms with van der Waals surface area (Å²) >= 11 is 0. The van der Waals surface area contributed by atoms with Gasteiger partial charge in [0, 0.05) is 0 Å². The van der Waals surface area contributed by atoms with Gasteiger partial charge in [-0.2, -0.15) is 13.5 Å². The minimum atomic E-state index is -4.14. The van der Waals surface area contributed by atoms with Gasteiger partial charge in [0.2, 0.25) is 0 Å². The van der Waals surface area contributed by atoms with Gasteiger partial charge in [0.15, 0.2) is 0 Å². The van der Waals surface area contributed by atoms with Crippen LogP contribution in [-0.4, -0.2) is 31.7 Å². The van der Waals surface area contributed by atoms with Crippen molar-refractivity contribution in [2.24, 2.45) is 23.2 Å². The van der Waals surface area contributed by atoms with Crippen molar-refractivity contribution in [1.82, 2.24) is 5.06 Å². The number of benzene rings is 1. The predicted octanol–water partition coefficient (Wildman–Crippen LogP) is 5.46. The molecular weight excluding hydrogens is 414 g/mol. The number of carbonyl (C=O) groups is 1. The van der Waals surface area contributed by atoms with E-state index < -0.39 is 21.8 Å².